The van der Waals surface area contributed by atoms with Crippen molar-refractivity contribution in [3.63, 3.8) is 0 Å². The summed E-state index contributed by atoms with van der Waals surface area (Å²) in [5.74, 6) is -1.05. The first-order valence-electron chi connectivity index (χ1n) is 4.53. The Balaban J connectivity index is 2.98. The molecule has 0 aliphatic heterocycles. The summed E-state index contributed by atoms with van der Waals surface area (Å²) in [5.41, 5.74) is -1.32. The number of rotatable bonds is 3. The highest BCUT2D eigenvalue weighted by Crippen LogP contribution is 2.33. The number of nitrogens with zero attached hydrogens (tertiary/aromatic N) is 1. The normalized spacial score (nSPS) is 31.9. The van der Waals surface area contributed by atoms with Gasteiger partial charge in [-0.2, -0.15) is 4.99 Å². The number of isocyanates is 1. The van der Waals surface area contributed by atoms with Crippen molar-refractivity contribution in [2.75, 3.05) is 7.11 Å². The molecule has 0 bridgehead atoms. The third-order valence-corrected chi connectivity index (χ3v) is 2.75. The molecule has 0 aromatic heterocycles. The van der Waals surface area contributed by atoms with Gasteiger partial charge >= 0.3 is 5.97 Å². The first-order chi connectivity index (χ1) is 6.67. The summed E-state index contributed by atoms with van der Waals surface area (Å²) in [5, 5.41) is 9.07. The van der Waals surface area contributed by atoms with Crippen LogP contribution in [0.5, 0.6) is 0 Å². The first-order valence-corrected chi connectivity index (χ1v) is 4.53. The maximum atomic E-state index is 11.1. The molecule has 0 heterocycles. The molecule has 0 aromatic rings. The largest absolute Gasteiger partial charge is 0.479 e. The maximum Gasteiger partial charge on any atom is 0.338 e. The highest BCUT2D eigenvalue weighted by Gasteiger charge is 2.48. The minimum Gasteiger partial charge on any atom is -0.479 e. The number of carbonyl (C=O) groups excluding carboxylic acids is 1. The summed E-state index contributed by atoms with van der Waals surface area (Å²) >= 11 is 0. The Hall–Kier alpha value is -1.19. The van der Waals surface area contributed by atoms with Gasteiger partial charge in [-0.15, -0.1) is 0 Å². The topological polar surface area (TPSA) is 76.0 Å². The number of carboxylic acids is 1. The Morgan fingerprint density at radius 2 is 2.36 bits per heavy atom. The fourth-order valence-corrected chi connectivity index (χ4v) is 1.93. The van der Waals surface area contributed by atoms with Crippen LogP contribution in [0.2, 0.25) is 0 Å². The van der Waals surface area contributed by atoms with Crippen LogP contribution in [0.1, 0.15) is 25.7 Å². The smallest absolute Gasteiger partial charge is 0.338 e. The molecule has 2 unspecified atom stereocenters. The van der Waals surface area contributed by atoms with E-state index in [1.807, 2.05) is 0 Å². The Kier molecular flexibility index (Phi) is 3.38. The molecule has 1 fully saturated rings. The van der Waals surface area contributed by atoms with Gasteiger partial charge in [0.2, 0.25) is 6.08 Å². The van der Waals surface area contributed by atoms with Gasteiger partial charge in [0, 0.05) is 7.11 Å². The van der Waals surface area contributed by atoms with Gasteiger partial charge in [0.05, 0.1) is 0 Å². The van der Waals surface area contributed by atoms with E-state index in [9.17, 15) is 9.59 Å². The molecule has 1 rings (SSSR count). The standard InChI is InChI=1S/C9H13NO4/c1-14-9(8(12)13)5-3-2-4-7(9)10-6-11/h7H,2-5H2,1H3,(H,12,13). The van der Waals surface area contributed by atoms with Crippen molar-refractivity contribution in [2.24, 2.45) is 4.99 Å². The predicted molar refractivity (Wildman–Crippen MR) is 47.8 cm³/mol. The van der Waals surface area contributed by atoms with Crippen LogP contribution in [-0.4, -0.2) is 35.9 Å². The number of aliphatic carboxylic acids is 1. The molecule has 0 radical (unpaired) electrons. The van der Waals surface area contributed by atoms with Crippen LogP contribution in [-0.2, 0) is 14.3 Å². The lowest BCUT2D eigenvalue weighted by molar-refractivity contribution is -0.168. The zero-order valence-corrected chi connectivity index (χ0v) is 8.02. The SMILES string of the molecule is COC1(C(=O)O)CCCCC1N=C=O. The fraction of sp³-hybridized carbons (Fsp3) is 0.778. The summed E-state index contributed by atoms with van der Waals surface area (Å²) in [7, 11) is 1.34. The zero-order valence-electron chi connectivity index (χ0n) is 8.02. The third-order valence-electron chi connectivity index (χ3n) is 2.75. The molecule has 1 aliphatic rings. The third kappa shape index (κ3) is 1.69. The van der Waals surface area contributed by atoms with Gasteiger partial charge in [0.25, 0.3) is 0 Å². The Labute approximate surface area is 81.8 Å². The average Bonchev–Trinajstić information content (AvgIpc) is 2.19. The number of carboxylic acid groups (broad SMARTS) is 1. The minimum atomic E-state index is -1.32. The van der Waals surface area contributed by atoms with E-state index in [1.165, 1.54) is 13.2 Å². The molecule has 1 saturated carbocycles. The van der Waals surface area contributed by atoms with E-state index in [2.05, 4.69) is 4.99 Å². The second-order valence-corrected chi connectivity index (χ2v) is 3.38. The van der Waals surface area contributed by atoms with Crippen molar-refractivity contribution in [2.45, 2.75) is 37.3 Å². The van der Waals surface area contributed by atoms with Crippen LogP contribution in [0.25, 0.3) is 0 Å². The predicted octanol–water partition coefficient (Wildman–Crippen LogP) is 0.735. The summed E-state index contributed by atoms with van der Waals surface area (Å²) in [6, 6.07) is -0.601. The molecular formula is C9H13NO4. The van der Waals surface area contributed by atoms with Crippen molar-refractivity contribution in [1.29, 1.82) is 0 Å². The number of hydrogen-bond acceptors (Lipinski definition) is 4. The number of carbonyl (C=O) groups is 1. The van der Waals surface area contributed by atoms with E-state index in [-0.39, 0.29) is 0 Å². The molecule has 1 aliphatic carbocycles. The lowest BCUT2D eigenvalue weighted by Gasteiger charge is -2.36. The Morgan fingerprint density at radius 3 is 2.86 bits per heavy atom. The molecule has 0 amide bonds. The fourth-order valence-electron chi connectivity index (χ4n) is 1.93. The lowest BCUT2D eigenvalue weighted by Crippen LogP contribution is -2.52. The van der Waals surface area contributed by atoms with Crippen LogP contribution in [0.15, 0.2) is 4.99 Å². The Morgan fingerprint density at radius 1 is 1.64 bits per heavy atom. The van der Waals surface area contributed by atoms with Crippen molar-refractivity contribution in [3.05, 3.63) is 0 Å². The summed E-state index contributed by atoms with van der Waals surface area (Å²) in [4.78, 5) is 24.8. The van der Waals surface area contributed by atoms with E-state index in [0.29, 0.717) is 12.8 Å². The zero-order chi connectivity index (χ0) is 10.6. The molecule has 2 atom stereocenters. The molecule has 14 heavy (non-hydrogen) atoms. The van der Waals surface area contributed by atoms with Gasteiger partial charge in [-0.05, 0) is 19.3 Å². The highest BCUT2D eigenvalue weighted by atomic mass is 16.5. The molecule has 0 saturated heterocycles. The van der Waals surface area contributed by atoms with Crippen LogP contribution in [0.4, 0.5) is 0 Å². The molecule has 5 heteroatoms. The van der Waals surface area contributed by atoms with Crippen LogP contribution in [0.3, 0.4) is 0 Å². The number of aliphatic imine (C=N–C) groups is 1. The molecule has 1 N–H and O–H groups in total. The van der Waals surface area contributed by atoms with Gasteiger partial charge in [0.1, 0.15) is 6.04 Å². The lowest BCUT2D eigenvalue weighted by atomic mass is 9.80. The van der Waals surface area contributed by atoms with Crippen molar-refractivity contribution in [1.82, 2.24) is 0 Å². The van der Waals surface area contributed by atoms with E-state index in [1.54, 1.807) is 0 Å². The van der Waals surface area contributed by atoms with Gasteiger partial charge in [-0.1, -0.05) is 6.42 Å². The Bertz CT molecular complexity index is 272. The average molecular weight is 199 g/mol. The quantitative estimate of drug-likeness (QED) is 0.537. The van der Waals surface area contributed by atoms with Crippen LogP contribution < -0.4 is 0 Å². The van der Waals surface area contributed by atoms with E-state index in [0.717, 1.165) is 12.8 Å². The van der Waals surface area contributed by atoms with Gasteiger partial charge in [0.15, 0.2) is 5.60 Å². The summed E-state index contributed by atoms with van der Waals surface area (Å²) in [6.45, 7) is 0. The van der Waals surface area contributed by atoms with Crippen LogP contribution >= 0.6 is 0 Å². The summed E-state index contributed by atoms with van der Waals surface area (Å²) < 4.78 is 5.03. The van der Waals surface area contributed by atoms with Gasteiger partial charge in [-0.3, -0.25) is 0 Å². The van der Waals surface area contributed by atoms with Crippen molar-refractivity contribution in [3.8, 4) is 0 Å². The van der Waals surface area contributed by atoms with E-state index >= 15 is 0 Å². The molecule has 78 valence electrons. The molecule has 0 aromatic carbocycles. The van der Waals surface area contributed by atoms with Crippen molar-refractivity contribution < 1.29 is 19.4 Å². The maximum absolute atomic E-state index is 11.1. The molecule has 0 spiro atoms. The molecular weight excluding hydrogens is 186 g/mol. The van der Waals surface area contributed by atoms with Crippen molar-refractivity contribution >= 4 is 12.0 Å². The number of methoxy groups -OCH3 is 1. The van der Waals surface area contributed by atoms with Crippen LogP contribution in [0, 0.1) is 0 Å². The van der Waals surface area contributed by atoms with E-state index in [4.69, 9.17) is 9.84 Å². The number of ether oxygens (including phenoxy) is 1. The first kappa shape index (κ1) is 10.9. The second kappa shape index (κ2) is 4.35. The number of hydrogen-bond donors (Lipinski definition) is 1. The molecule has 5 nitrogen and oxygen atoms in total. The van der Waals surface area contributed by atoms with Gasteiger partial charge in [-0.25, -0.2) is 9.59 Å². The second-order valence-electron chi connectivity index (χ2n) is 3.38. The minimum absolute atomic E-state index is 0.397. The monoisotopic (exact) mass is 199 g/mol. The summed E-state index contributed by atoms with van der Waals surface area (Å²) in [6.07, 6.45) is 4.03. The highest BCUT2D eigenvalue weighted by molar-refractivity contribution is 5.79. The van der Waals surface area contributed by atoms with Gasteiger partial charge < -0.3 is 9.84 Å². The van der Waals surface area contributed by atoms with E-state index < -0.39 is 17.6 Å².